The fraction of sp³-hybridized carbons (Fsp3) is 0.353. The third-order valence-electron chi connectivity index (χ3n) is 3.02. The van der Waals surface area contributed by atoms with Crippen molar-refractivity contribution in [2.75, 3.05) is 11.1 Å². The summed E-state index contributed by atoms with van der Waals surface area (Å²) in [5, 5.41) is 3.96. The first-order valence-electron chi connectivity index (χ1n) is 7.73. The number of hydrogen-bond donors (Lipinski definition) is 1. The Labute approximate surface area is 151 Å². The minimum Gasteiger partial charge on any atom is -0.473 e. The second-order valence-corrected chi connectivity index (χ2v) is 6.67. The molecule has 0 aliphatic heterocycles. The van der Waals surface area contributed by atoms with Crippen molar-refractivity contribution in [3.63, 3.8) is 0 Å². The zero-order valence-corrected chi connectivity index (χ0v) is 15.3. The molecule has 0 aliphatic carbocycles. The maximum Gasteiger partial charge on any atom is 0.222 e. The Balaban J connectivity index is 2.09. The lowest BCUT2D eigenvalue weighted by molar-refractivity contribution is -0.114. The van der Waals surface area contributed by atoms with Crippen LogP contribution in [-0.2, 0) is 11.4 Å². The van der Waals surface area contributed by atoms with Gasteiger partial charge in [-0.2, -0.15) is 4.98 Å². The number of unbranched alkanes of at least 4 members (excludes halogenated alkanes) is 1. The first-order chi connectivity index (χ1) is 11.6. The van der Waals surface area contributed by atoms with Crippen LogP contribution < -0.4 is 10.1 Å². The summed E-state index contributed by atoms with van der Waals surface area (Å²) < 4.78 is 5.74. The Kier molecular flexibility index (Phi) is 7.34. The molecule has 0 unspecified atom stereocenters. The van der Waals surface area contributed by atoms with Crippen LogP contribution in [0.4, 0.5) is 5.82 Å². The van der Waals surface area contributed by atoms with Gasteiger partial charge in [-0.25, -0.2) is 4.98 Å². The van der Waals surface area contributed by atoms with Gasteiger partial charge in [0, 0.05) is 23.8 Å². The Bertz CT molecular complexity index is 680. The number of halogens is 1. The quantitative estimate of drug-likeness (QED) is 0.422. The first kappa shape index (κ1) is 18.5. The van der Waals surface area contributed by atoms with E-state index >= 15 is 0 Å². The summed E-state index contributed by atoms with van der Waals surface area (Å²) >= 11 is 7.43. The zero-order chi connectivity index (χ0) is 17.4. The Morgan fingerprint density at radius 3 is 2.71 bits per heavy atom. The lowest BCUT2D eigenvalue weighted by Crippen LogP contribution is -2.09. The van der Waals surface area contributed by atoms with Crippen molar-refractivity contribution in [3.05, 3.63) is 40.9 Å². The van der Waals surface area contributed by atoms with Gasteiger partial charge in [-0.3, -0.25) is 4.79 Å². The predicted molar refractivity (Wildman–Crippen MR) is 97.8 cm³/mol. The van der Waals surface area contributed by atoms with Crippen molar-refractivity contribution in [1.29, 1.82) is 0 Å². The fourth-order valence-corrected chi connectivity index (χ4v) is 2.89. The number of rotatable bonds is 8. The van der Waals surface area contributed by atoms with Crippen molar-refractivity contribution in [2.24, 2.45) is 0 Å². The molecule has 0 fully saturated rings. The number of benzene rings is 1. The number of carbonyl (C=O) groups is 1. The van der Waals surface area contributed by atoms with Gasteiger partial charge < -0.3 is 10.1 Å². The highest BCUT2D eigenvalue weighted by Crippen LogP contribution is 2.22. The molecule has 0 spiro atoms. The largest absolute Gasteiger partial charge is 0.473 e. The smallest absolute Gasteiger partial charge is 0.222 e. The normalized spacial score (nSPS) is 10.5. The Hall–Kier alpha value is -1.79. The summed E-state index contributed by atoms with van der Waals surface area (Å²) in [7, 11) is 0. The molecule has 1 heterocycles. The van der Waals surface area contributed by atoms with Gasteiger partial charge in [0.1, 0.15) is 12.4 Å². The Morgan fingerprint density at radius 1 is 1.29 bits per heavy atom. The number of hydrogen-bond acceptors (Lipinski definition) is 5. The van der Waals surface area contributed by atoms with Gasteiger partial charge in [0.25, 0.3) is 0 Å². The van der Waals surface area contributed by atoms with Crippen LogP contribution in [0.15, 0.2) is 35.5 Å². The molecule has 2 aromatic rings. The number of nitrogens with one attached hydrogen (secondary N) is 1. The van der Waals surface area contributed by atoms with E-state index in [4.69, 9.17) is 16.3 Å². The molecule has 0 radical (unpaired) electrons. The standard InChI is InChI=1S/C17H20ClN3O2S/c1-3-4-9-24-17-20-15(19-12(2)22)10-16(21-17)23-11-13-5-7-14(18)8-6-13/h5-8,10H,3-4,9,11H2,1-2H3,(H,19,20,21,22). The molecule has 128 valence electrons. The third kappa shape index (κ3) is 6.37. The lowest BCUT2D eigenvalue weighted by atomic mass is 10.2. The van der Waals surface area contributed by atoms with E-state index in [1.165, 1.54) is 6.92 Å². The predicted octanol–water partition coefficient (Wildman–Crippen LogP) is 4.56. The Morgan fingerprint density at radius 2 is 2.04 bits per heavy atom. The third-order valence-corrected chi connectivity index (χ3v) is 4.20. The molecule has 0 atom stereocenters. The molecule has 7 heteroatoms. The summed E-state index contributed by atoms with van der Waals surface area (Å²) in [6, 6.07) is 9.05. The molecule has 24 heavy (non-hydrogen) atoms. The summed E-state index contributed by atoms with van der Waals surface area (Å²) in [4.78, 5) is 20.0. The van der Waals surface area contributed by atoms with Gasteiger partial charge in [0.15, 0.2) is 5.16 Å². The van der Waals surface area contributed by atoms with Gasteiger partial charge in [-0.05, 0) is 24.1 Å². The van der Waals surface area contributed by atoms with E-state index in [9.17, 15) is 4.79 Å². The molecule has 0 bridgehead atoms. The second-order valence-electron chi connectivity index (χ2n) is 5.17. The molecule has 1 amide bonds. The van der Waals surface area contributed by atoms with Crippen LogP contribution in [0, 0.1) is 0 Å². The van der Waals surface area contributed by atoms with E-state index in [1.807, 2.05) is 24.3 Å². The van der Waals surface area contributed by atoms with Crippen LogP contribution >= 0.6 is 23.4 Å². The number of thioether (sulfide) groups is 1. The number of aromatic nitrogens is 2. The van der Waals surface area contributed by atoms with Gasteiger partial charge in [-0.15, -0.1) is 0 Å². The van der Waals surface area contributed by atoms with E-state index in [0.717, 1.165) is 24.2 Å². The average molecular weight is 366 g/mol. The number of nitrogens with zero attached hydrogens (tertiary/aromatic N) is 2. The van der Waals surface area contributed by atoms with Crippen molar-refractivity contribution in [2.45, 2.75) is 38.5 Å². The summed E-state index contributed by atoms with van der Waals surface area (Å²) in [6.07, 6.45) is 2.19. The molecule has 5 nitrogen and oxygen atoms in total. The molecule has 0 aliphatic rings. The second kappa shape index (κ2) is 9.49. The molecule has 1 N–H and O–H groups in total. The minimum atomic E-state index is -0.179. The van der Waals surface area contributed by atoms with Crippen molar-refractivity contribution in [1.82, 2.24) is 9.97 Å². The summed E-state index contributed by atoms with van der Waals surface area (Å²) in [6.45, 7) is 3.95. The van der Waals surface area contributed by atoms with Crippen LogP contribution in [0.5, 0.6) is 5.88 Å². The topological polar surface area (TPSA) is 64.1 Å². The minimum absolute atomic E-state index is 0.179. The number of anilines is 1. The van der Waals surface area contributed by atoms with E-state index in [2.05, 4.69) is 22.2 Å². The van der Waals surface area contributed by atoms with E-state index < -0.39 is 0 Å². The number of amides is 1. The summed E-state index contributed by atoms with van der Waals surface area (Å²) in [5.74, 6) is 1.63. The molecule has 0 saturated heterocycles. The monoisotopic (exact) mass is 365 g/mol. The van der Waals surface area contributed by atoms with Gasteiger partial charge in [0.05, 0.1) is 0 Å². The van der Waals surface area contributed by atoms with Gasteiger partial charge in [0.2, 0.25) is 11.8 Å². The van der Waals surface area contributed by atoms with E-state index in [-0.39, 0.29) is 5.91 Å². The lowest BCUT2D eigenvalue weighted by Gasteiger charge is -2.09. The highest BCUT2D eigenvalue weighted by atomic mass is 35.5. The van der Waals surface area contributed by atoms with Gasteiger partial charge >= 0.3 is 0 Å². The number of ether oxygens (including phenoxy) is 1. The highest BCUT2D eigenvalue weighted by Gasteiger charge is 2.08. The van der Waals surface area contributed by atoms with Crippen molar-refractivity contribution >= 4 is 35.1 Å². The highest BCUT2D eigenvalue weighted by molar-refractivity contribution is 7.99. The molecular weight excluding hydrogens is 346 g/mol. The van der Waals surface area contributed by atoms with Gasteiger partial charge in [-0.1, -0.05) is 48.8 Å². The maximum atomic E-state index is 11.3. The molecule has 0 saturated carbocycles. The molecule has 1 aromatic heterocycles. The maximum absolute atomic E-state index is 11.3. The zero-order valence-electron chi connectivity index (χ0n) is 13.7. The van der Waals surface area contributed by atoms with E-state index in [1.54, 1.807) is 17.8 Å². The number of carbonyl (C=O) groups excluding carboxylic acids is 1. The van der Waals surface area contributed by atoms with E-state index in [0.29, 0.717) is 28.5 Å². The molecular formula is C17H20ClN3O2S. The van der Waals surface area contributed by atoms with Crippen molar-refractivity contribution < 1.29 is 9.53 Å². The molecule has 2 rings (SSSR count). The van der Waals surface area contributed by atoms with Crippen LogP contribution in [-0.4, -0.2) is 21.6 Å². The van der Waals surface area contributed by atoms with Crippen LogP contribution in [0.3, 0.4) is 0 Å². The summed E-state index contributed by atoms with van der Waals surface area (Å²) in [5.41, 5.74) is 0.985. The molecule has 1 aromatic carbocycles. The van der Waals surface area contributed by atoms with Crippen LogP contribution in [0.2, 0.25) is 5.02 Å². The SMILES string of the molecule is CCCCSc1nc(NC(C)=O)cc(OCc2ccc(Cl)cc2)n1. The van der Waals surface area contributed by atoms with Crippen molar-refractivity contribution in [3.8, 4) is 5.88 Å². The average Bonchev–Trinajstić information content (AvgIpc) is 2.54. The van der Waals surface area contributed by atoms with Crippen LogP contribution in [0.25, 0.3) is 0 Å². The fourth-order valence-electron chi connectivity index (χ4n) is 1.83. The van der Waals surface area contributed by atoms with Crippen LogP contribution in [0.1, 0.15) is 32.3 Å². The first-order valence-corrected chi connectivity index (χ1v) is 9.10.